The molecule has 2 N–H and O–H groups in total. The molecule has 26 heavy (non-hydrogen) atoms. The van der Waals surface area contributed by atoms with Gasteiger partial charge in [0.15, 0.2) is 0 Å². The third-order valence-corrected chi connectivity index (χ3v) is 8.09. The molecule has 0 aromatic heterocycles. The highest BCUT2D eigenvalue weighted by molar-refractivity contribution is 5.87. The number of rotatable bonds is 1. The molecule has 4 rings (SSSR count). The maximum Gasteiger partial charge on any atom is 0.303 e. The van der Waals surface area contributed by atoms with Gasteiger partial charge in [0.25, 0.3) is 0 Å². The van der Waals surface area contributed by atoms with E-state index in [1.165, 1.54) is 12.0 Å². The fraction of sp³-hybridized carbons (Fsp3) is 0.818. The second kappa shape index (κ2) is 7.10. The summed E-state index contributed by atoms with van der Waals surface area (Å²) in [6.07, 6.45) is 10.9. The van der Waals surface area contributed by atoms with Gasteiger partial charge < -0.3 is 10.2 Å². The lowest BCUT2D eigenvalue weighted by molar-refractivity contribution is -0.136. The van der Waals surface area contributed by atoms with Crippen LogP contribution >= 0.6 is 0 Å². The van der Waals surface area contributed by atoms with Gasteiger partial charge in [-0.1, -0.05) is 32.4 Å². The summed E-state index contributed by atoms with van der Waals surface area (Å²) in [5.74, 6) is 1.85. The smallest absolute Gasteiger partial charge is 0.303 e. The predicted octanol–water partition coefficient (Wildman–Crippen LogP) is 4.36. The number of carbonyl (C=O) groups is 2. The van der Waals surface area contributed by atoms with E-state index in [1.54, 1.807) is 6.92 Å². The van der Waals surface area contributed by atoms with Crippen LogP contribution < -0.4 is 0 Å². The van der Waals surface area contributed by atoms with Crippen molar-refractivity contribution in [2.24, 2.45) is 28.6 Å². The molecule has 0 spiro atoms. The molecule has 0 amide bonds. The Hall–Kier alpha value is -1.16. The molecule has 4 heteroatoms. The highest BCUT2D eigenvalue weighted by Crippen LogP contribution is 2.63. The maximum atomic E-state index is 12.4. The number of carboxylic acid groups (broad SMARTS) is 1. The third kappa shape index (κ3) is 3.15. The highest BCUT2D eigenvalue weighted by Gasteiger charge is 2.58. The van der Waals surface area contributed by atoms with Crippen LogP contribution in [0.15, 0.2) is 11.6 Å². The number of carboxylic acids is 1. The molecule has 4 nitrogen and oxygen atoms in total. The largest absolute Gasteiger partial charge is 0.481 e. The fourth-order valence-electron chi connectivity index (χ4n) is 6.41. The Balaban J connectivity index is 0.000000349. The molecule has 0 aliphatic heterocycles. The first-order chi connectivity index (χ1) is 12.2. The minimum absolute atomic E-state index is 0.0168. The van der Waals surface area contributed by atoms with Gasteiger partial charge >= 0.3 is 5.97 Å². The third-order valence-electron chi connectivity index (χ3n) is 8.09. The molecule has 3 fully saturated rings. The number of hydrogen-bond acceptors (Lipinski definition) is 3. The molecular formula is C22H34O4. The molecule has 0 heterocycles. The first-order valence-corrected chi connectivity index (χ1v) is 10.3. The first-order valence-electron chi connectivity index (χ1n) is 10.3. The summed E-state index contributed by atoms with van der Waals surface area (Å²) in [5, 5.41) is 17.7. The lowest BCUT2D eigenvalue weighted by Gasteiger charge is -2.56. The molecule has 0 unspecified atom stereocenters. The molecule has 0 radical (unpaired) electrons. The minimum Gasteiger partial charge on any atom is -0.481 e. The average molecular weight is 363 g/mol. The summed E-state index contributed by atoms with van der Waals surface area (Å²) in [6.45, 7) is 6.29. The van der Waals surface area contributed by atoms with E-state index in [9.17, 15) is 14.7 Å². The van der Waals surface area contributed by atoms with Crippen LogP contribution in [-0.4, -0.2) is 28.1 Å². The van der Waals surface area contributed by atoms with Gasteiger partial charge in [0.1, 0.15) is 5.78 Å². The standard InChI is InChI=1S/C19H28O2.C3H6O2/c1-18-9-7-13(20)11-12(18)3-4-14-15-5-6-17(21)19(15,2)10-8-16(14)18;1-2-3(4)5/h3,13-16,20H,4-11H2,1-2H3;2H2,1H3,(H,4,5)/t13-,14-,15-,16-,18-,19-;/m0./s1. The molecule has 146 valence electrons. The lowest BCUT2D eigenvalue weighted by Crippen LogP contribution is -2.50. The van der Waals surface area contributed by atoms with Crippen LogP contribution in [0.25, 0.3) is 0 Å². The predicted molar refractivity (Wildman–Crippen MR) is 101 cm³/mol. The number of aliphatic carboxylic acids is 1. The zero-order valence-electron chi connectivity index (χ0n) is 16.5. The van der Waals surface area contributed by atoms with Gasteiger partial charge in [0.2, 0.25) is 0 Å². The summed E-state index contributed by atoms with van der Waals surface area (Å²) in [5.41, 5.74) is 1.81. The normalized spacial score (nSPS) is 44.0. The van der Waals surface area contributed by atoms with Crippen LogP contribution in [0.1, 0.15) is 78.6 Å². The van der Waals surface area contributed by atoms with Gasteiger partial charge in [0.05, 0.1) is 6.10 Å². The number of carbonyl (C=O) groups excluding carboxylic acids is 1. The number of fused-ring (bicyclic) bond motifs is 5. The Morgan fingerprint density at radius 2 is 1.77 bits per heavy atom. The monoisotopic (exact) mass is 362 g/mol. The molecule has 0 saturated heterocycles. The Bertz CT molecular complexity index is 609. The number of aliphatic hydroxyl groups excluding tert-OH is 1. The van der Waals surface area contributed by atoms with Crippen molar-refractivity contribution < 1.29 is 19.8 Å². The summed E-state index contributed by atoms with van der Waals surface area (Å²) in [6, 6.07) is 0. The van der Waals surface area contributed by atoms with E-state index >= 15 is 0 Å². The van der Waals surface area contributed by atoms with Crippen LogP contribution in [0, 0.1) is 28.6 Å². The van der Waals surface area contributed by atoms with Crippen molar-refractivity contribution in [2.45, 2.75) is 84.7 Å². The molecule has 3 saturated carbocycles. The number of ketones is 1. The maximum absolute atomic E-state index is 12.4. The van der Waals surface area contributed by atoms with Crippen LogP contribution in [-0.2, 0) is 9.59 Å². The van der Waals surface area contributed by atoms with Gasteiger partial charge in [-0.05, 0) is 68.1 Å². The lowest BCUT2D eigenvalue weighted by atomic mass is 9.48. The molecule has 0 bridgehead atoms. The van der Waals surface area contributed by atoms with Crippen molar-refractivity contribution in [2.75, 3.05) is 0 Å². The van der Waals surface area contributed by atoms with E-state index in [4.69, 9.17) is 5.11 Å². The van der Waals surface area contributed by atoms with E-state index in [1.807, 2.05) is 0 Å². The van der Waals surface area contributed by atoms with Crippen molar-refractivity contribution >= 4 is 11.8 Å². The number of Topliss-reactive ketones (excluding diaryl/α,β-unsaturated/α-hetero) is 1. The van der Waals surface area contributed by atoms with Crippen molar-refractivity contribution in [3.05, 3.63) is 11.6 Å². The SMILES string of the molecule is CCC(=O)O.C[C@]12CC[C@H](O)CC1=CC[C@@H]1[C@@H]2CC[C@]2(C)C(=O)CC[C@@H]12. The van der Waals surface area contributed by atoms with Gasteiger partial charge in [-0.25, -0.2) is 0 Å². The molecule has 4 aliphatic rings. The van der Waals surface area contributed by atoms with E-state index < -0.39 is 5.97 Å². The van der Waals surface area contributed by atoms with Crippen LogP contribution in [0.2, 0.25) is 0 Å². The second-order valence-electron chi connectivity index (χ2n) is 9.32. The van der Waals surface area contributed by atoms with Crippen molar-refractivity contribution in [3.63, 3.8) is 0 Å². The van der Waals surface area contributed by atoms with Gasteiger partial charge in [-0.2, -0.15) is 0 Å². The Morgan fingerprint density at radius 3 is 2.42 bits per heavy atom. The number of hydrogen-bond donors (Lipinski definition) is 2. The van der Waals surface area contributed by atoms with E-state index in [2.05, 4.69) is 19.9 Å². The summed E-state index contributed by atoms with van der Waals surface area (Å²) >= 11 is 0. The number of allylic oxidation sites excluding steroid dienone is 1. The van der Waals surface area contributed by atoms with Gasteiger partial charge in [-0.3, -0.25) is 9.59 Å². The summed E-state index contributed by atoms with van der Waals surface area (Å²) in [7, 11) is 0. The summed E-state index contributed by atoms with van der Waals surface area (Å²) < 4.78 is 0. The van der Waals surface area contributed by atoms with E-state index in [0.717, 1.165) is 50.9 Å². The molecule has 6 atom stereocenters. The van der Waals surface area contributed by atoms with Gasteiger partial charge in [0, 0.05) is 18.3 Å². The quantitative estimate of drug-likeness (QED) is 0.680. The van der Waals surface area contributed by atoms with Crippen LogP contribution in [0.3, 0.4) is 0 Å². The Kier molecular flexibility index (Phi) is 5.35. The fourth-order valence-corrected chi connectivity index (χ4v) is 6.41. The van der Waals surface area contributed by atoms with Gasteiger partial charge in [-0.15, -0.1) is 0 Å². The zero-order valence-corrected chi connectivity index (χ0v) is 16.5. The van der Waals surface area contributed by atoms with Crippen molar-refractivity contribution in [3.8, 4) is 0 Å². The number of aliphatic hydroxyl groups is 1. The first kappa shape index (κ1) is 19.6. The van der Waals surface area contributed by atoms with E-state index in [0.29, 0.717) is 23.0 Å². The highest BCUT2D eigenvalue weighted by atomic mass is 16.4. The molecule has 4 aliphatic carbocycles. The molecule has 0 aromatic carbocycles. The van der Waals surface area contributed by atoms with Crippen LogP contribution in [0.5, 0.6) is 0 Å². The van der Waals surface area contributed by atoms with E-state index in [-0.39, 0.29) is 17.9 Å². The van der Waals surface area contributed by atoms with Crippen LogP contribution in [0.4, 0.5) is 0 Å². The topological polar surface area (TPSA) is 74.6 Å². The minimum atomic E-state index is -0.745. The Morgan fingerprint density at radius 1 is 1.15 bits per heavy atom. The molecule has 0 aromatic rings. The zero-order chi connectivity index (χ0) is 19.1. The second-order valence-corrected chi connectivity index (χ2v) is 9.32. The van der Waals surface area contributed by atoms with Crippen molar-refractivity contribution in [1.82, 2.24) is 0 Å². The average Bonchev–Trinajstić information content (AvgIpc) is 2.91. The van der Waals surface area contributed by atoms with Crippen molar-refractivity contribution in [1.29, 1.82) is 0 Å². The summed E-state index contributed by atoms with van der Waals surface area (Å²) in [4.78, 5) is 21.7. The molecular weight excluding hydrogens is 328 g/mol. The Labute approximate surface area is 157 Å².